The predicted octanol–water partition coefficient (Wildman–Crippen LogP) is -0.818. The van der Waals surface area contributed by atoms with E-state index in [1.54, 1.807) is 0 Å². The zero-order valence-electron chi connectivity index (χ0n) is 9.03. The number of hydrogen-bond acceptors (Lipinski definition) is 4. The molecule has 92 valence electrons. The van der Waals surface area contributed by atoms with Crippen LogP contribution in [0.4, 0.5) is 4.79 Å². The highest BCUT2D eigenvalue weighted by molar-refractivity contribution is 7.92. The van der Waals surface area contributed by atoms with E-state index in [0.717, 1.165) is 19.5 Å². The molecule has 2 unspecified atom stereocenters. The summed E-state index contributed by atoms with van der Waals surface area (Å²) >= 11 is 0. The normalized spacial score (nSPS) is 32.5. The topological polar surface area (TPSA) is 87.3 Å². The third-order valence-corrected chi connectivity index (χ3v) is 5.09. The van der Waals surface area contributed by atoms with Gasteiger partial charge < -0.3 is 16.0 Å². The van der Waals surface area contributed by atoms with Crippen LogP contribution in [-0.4, -0.2) is 44.7 Å². The lowest BCUT2D eigenvalue weighted by Gasteiger charge is -2.15. The summed E-state index contributed by atoms with van der Waals surface area (Å²) in [4.78, 5) is 11.5. The van der Waals surface area contributed by atoms with E-state index in [1.807, 2.05) is 0 Å². The van der Waals surface area contributed by atoms with Gasteiger partial charge in [0.1, 0.15) is 5.37 Å². The van der Waals surface area contributed by atoms with Crippen molar-refractivity contribution in [2.45, 2.75) is 30.7 Å². The molecule has 2 fully saturated rings. The Kier molecular flexibility index (Phi) is 3.34. The van der Waals surface area contributed by atoms with Crippen LogP contribution >= 0.6 is 0 Å². The molecule has 0 saturated carbocycles. The van der Waals surface area contributed by atoms with Gasteiger partial charge in [-0.15, -0.1) is 0 Å². The minimum absolute atomic E-state index is 0.115. The molecule has 2 rings (SSSR count). The second kappa shape index (κ2) is 4.58. The summed E-state index contributed by atoms with van der Waals surface area (Å²) in [7, 11) is -3.10. The third kappa shape index (κ3) is 2.65. The summed E-state index contributed by atoms with van der Waals surface area (Å²) in [6.07, 6.45) is 2.06. The molecule has 0 bridgehead atoms. The van der Waals surface area contributed by atoms with Gasteiger partial charge in [0, 0.05) is 12.6 Å². The highest BCUT2D eigenvalue weighted by Gasteiger charge is 2.32. The Morgan fingerprint density at radius 3 is 2.62 bits per heavy atom. The van der Waals surface area contributed by atoms with Gasteiger partial charge in [0.2, 0.25) is 0 Å². The fourth-order valence-corrected chi connectivity index (χ4v) is 3.77. The molecule has 2 saturated heterocycles. The Balaban J connectivity index is 1.82. The molecule has 0 radical (unpaired) electrons. The first-order valence-electron chi connectivity index (χ1n) is 5.57. The maximum Gasteiger partial charge on any atom is 0.316 e. The van der Waals surface area contributed by atoms with Gasteiger partial charge in [-0.2, -0.15) is 0 Å². The lowest BCUT2D eigenvalue weighted by atomic mass is 10.3. The van der Waals surface area contributed by atoms with Gasteiger partial charge in [-0.3, -0.25) is 0 Å². The molecule has 0 aromatic rings. The minimum Gasteiger partial charge on any atom is -0.334 e. The second-order valence-corrected chi connectivity index (χ2v) is 6.61. The van der Waals surface area contributed by atoms with Gasteiger partial charge in [-0.1, -0.05) is 0 Å². The van der Waals surface area contributed by atoms with E-state index in [4.69, 9.17) is 0 Å². The van der Waals surface area contributed by atoms with Crippen LogP contribution < -0.4 is 16.0 Å². The molecule has 0 aliphatic carbocycles. The van der Waals surface area contributed by atoms with Crippen LogP contribution in [0.2, 0.25) is 0 Å². The van der Waals surface area contributed by atoms with E-state index in [-0.39, 0.29) is 17.8 Å². The minimum atomic E-state index is -3.10. The van der Waals surface area contributed by atoms with Crippen LogP contribution in [-0.2, 0) is 9.84 Å². The molecule has 2 aliphatic rings. The van der Waals surface area contributed by atoms with Crippen molar-refractivity contribution in [3.8, 4) is 0 Å². The number of carbonyl (C=O) groups is 1. The van der Waals surface area contributed by atoms with E-state index < -0.39 is 15.2 Å². The molecular weight excluding hydrogens is 230 g/mol. The number of sulfone groups is 1. The summed E-state index contributed by atoms with van der Waals surface area (Å²) in [5, 5.41) is 7.73. The van der Waals surface area contributed by atoms with Crippen molar-refractivity contribution in [1.29, 1.82) is 0 Å². The average Bonchev–Trinajstić information content (AvgIpc) is 2.78. The number of amides is 2. The predicted molar refractivity (Wildman–Crippen MR) is 59.8 cm³/mol. The molecule has 16 heavy (non-hydrogen) atoms. The van der Waals surface area contributed by atoms with Crippen molar-refractivity contribution in [3.05, 3.63) is 0 Å². The van der Waals surface area contributed by atoms with Crippen molar-refractivity contribution in [1.82, 2.24) is 16.0 Å². The summed E-state index contributed by atoms with van der Waals surface area (Å²) in [5.74, 6) is 0.183. The highest BCUT2D eigenvalue weighted by Crippen LogP contribution is 2.17. The van der Waals surface area contributed by atoms with Crippen molar-refractivity contribution < 1.29 is 13.2 Å². The summed E-state index contributed by atoms with van der Waals surface area (Å²) < 4.78 is 23.0. The van der Waals surface area contributed by atoms with Crippen molar-refractivity contribution >= 4 is 15.9 Å². The van der Waals surface area contributed by atoms with Crippen LogP contribution in [0.15, 0.2) is 0 Å². The Labute approximate surface area is 95.1 Å². The molecule has 6 nitrogen and oxygen atoms in total. The van der Waals surface area contributed by atoms with Crippen molar-refractivity contribution in [2.75, 3.05) is 18.8 Å². The van der Waals surface area contributed by atoms with Crippen LogP contribution in [0.5, 0.6) is 0 Å². The van der Waals surface area contributed by atoms with Crippen LogP contribution in [0.25, 0.3) is 0 Å². The molecule has 2 atom stereocenters. The van der Waals surface area contributed by atoms with Crippen molar-refractivity contribution in [2.24, 2.45) is 0 Å². The van der Waals surface area contributed by atoms with E-state index in [9.17, 15) is 13.2 Å². The van der Waals surface area contributed by atoms with Crippen molar-refractivity contribution in [3.63, 3.8) is 0 Å². The molecule has 3 N–H and O–H groups in total. The lowest BCUT2D eigenvalue weighted by molar-refractivity contribution is 0.236. The fourth-order valence-electron chi connectivity index (χ4n) is 2.10. The molecule has 2 amide bonds. The lowest BCUT2D eigenvalue weighted by Crippen LogP contribution is -2.48. The van der Waals surface area contributed by atoms with Gasteiger partial charge in [0.15, 0.2) is 9.84 Å². The number of carbonyl (C=O) groups excluding carboxylic acids is 1. The summed E-state index contributed by atoms with van der Waals surface area (Å²) in [6.45, 7) is 1.65. The van der Waals surface area contributed by atoms with Gasteiger partial charge >= 0.3 is 6.03 Å². The van der Waals surface area contributed by atoms with E-state index in [1.165, 1.54) is 0 Å². The van der Waals surface area contributed by atoms with Gasteiger partial charge in [-0.25, -0.2) is 13.2 Å². The van der Waals surface area contributed by atoms with E-state index in [0.29, 0.717) is 12.8 Å². The quantitative estimate of drug-likeness (QED) is 0.595. The second-order valence-electron chi connectivity index (χ2n) is 4.31. The van der Waals surface area contributed by atoms with E-state index in [2.05, 4.69) is 16.0 Å². The first-order chi connectivity index (χ1) is 7.58. The average molecular weight is 247 g/mol. The standard InChI is InChI=1S/C9H17N3O3S/c13-9(11-7-3-4-10-6-7)12-8-2-1-5-16(8,14)15/h7-8,10H,1-6H2,(H2,11,12,13). The molecule has 2 aliphatic heterocycles. The monoisotopic (exact) mass is 247 g/mol. The van der Waals surface area contributed by atoms with Crippen LogP contribution in [0.3, 0.4) is 0 Å². The molecule has 2 heterocycles. The van der Waals surface area contributed by atoms with Gasteiger partial charge in [-0.05, 0) is 25.8 Å². The largest absolute Gasteiger partial charge is 0.334 e. The first-order valence-corrected chi connectivity index (χ1v) is 7.29. The first kappa shape index (κ1) is 11.7. The highest BCUT2D eigenvalue weighted by atomic mass is 32.2. The van der Waals surface area contributed by atoms with Gasteiger partial charge in [0.05, 0.1) is 5.75 Å². The fraction of sp³-hybridized carbons (Fsp3) is 0.889. The number of hydrogen-bond donors (Lipinski definition) is 3. The van der Waals surface area contributed by atoms with E-state index >= 15 is 0 Å². The van der Waals surface area contributed by atoms with Gasteiger partial charge in [0.25, 0.3) is 0 Å². The molecule has 0 aromatic heterocycles. The smallest absolute Gasteiger partial charge is 0.316 e. The third-order valence-electron chi connectivity index (χ3n) is 3.02. The Morgan fingerprint density at radius 1 is 1.25 bits per heavy atom. The number of nitrogens with one attached hydrogen (secondary N) is 3. The summed E-state index contributed by atoms with van der Waals surface area (Å²) in [6, 6.07) is -0.256. The zero-order chi connectivity index (χ0) is 11.6. The van der Waals surface area contributed by atoms with Crippen LogP contribution in [0.1, 0.15) is 19.3 Å². The number of rotatable bonds is 2. The molecule has 0 aromatic carbocycles. The molecular formula is C9H17N3O3S. The zero-order valence-corrected chi connectivity index (χ0v) is 9.85. The Bertz CT molecular complexity index is 362. The summed E-state index contributed by atoms with van der Waals surface area (Å²) in [5.41, 5.74) is 0. The molecule has 7 heteroatoms. The maximum absolute atomic E-state index is 11.5. The Morgan fingerprint density at radius 2 is 2.06 bits per heavy atom. The molecule has 0 spiro atoms. The SMILES string of the molecule is O=C(NC1CCNC1)NC1CCCS1(=O)=O. The van der Waals surface area contributed by atoms with Crippen LogP contribution in [0, 0.1) is 0 Å². The maximum atomic E-state index is 11.5. The Hall–Kier alpha value is -0.820. The number of urea groups is 1.